The molecule has 1 aromatic rings. The van der Waals surface area contributed by atoms with Gasteiger partial charge in [0, 0.05) is 12.3 Å². The lowest BCUT2D eigenvalue weighted by Gasteiger charge is -2.19. The predicted molar refractivity (Wildman–Crippen MR) is 72.6 cm³/mol. The summed E-state index contributed by atoms with van der Waals surface area (Å²) in [5.41, 5.74) is 0.714. The van der Waals surface area contributed by atoms with Gasteiger partial charge in [-0.25, -0.2) is 8.42 Å². The van der Waals surface area contributed by atoms with E-state index in [9.17, 15) is 8.42 Å². The van der Waals surface area contributed by atoms with Crippen molar-refractivity contribution in [2.24, 2.45) is 0 Å². The molecule has 1 unspecified atom stereocenters. The van der Waals surface area contributed by atoms with Crippen LogP contribution in [0.1, 0.15) is 18.5 Å². The summed E-state index contributed by atoms with van der Waals surface area (Å²) < 4.78 is 22.7. The molecular formula is C11H15Cl2NO2S. The molecule has 1 N–H and O–H groups in total. The highest BCUT2D eigenvalue weighted by atomic mass is 35.5. The predicted octanol–water partition coefficient (Wildman–Crippen LogP) is 2.69. The first-order valence-electron chi connectivity index (χ1n) is 5.20. The van der Waals surface area contributed by atoms with Gasteiger partial charge in [-0.2, -0.15) is 0 Å². The zero-order chi connectivity index (χ0) is 13.1. The number of nitrogens with one attached hydrogen (secondary N) is 1. The van der Waals surface area contributed by atoms with Crippen LogP contribution in [-0.4, -0.2) is 27.0 Å². The van der Waals surface area contributed by atoms with E-state index in [1.165, 1.54) is 6.26 Å². The van der Waals surface area contributed by atoms with Gasteiger partial charge in [-0.15, -0.1) is 0 Å². The second kappa shape index (κ2) is 6.05. The van der Waals surface area contributed by atoms with Crippen molar-refractivity contribution < 1.29 is 8.42 Å². The van der Waals surface area contributed by atoms with Crippen molar-refractivity contribution in [2.75, 3.05) is 18.6 Å². The van der Waals surface area contributed by atoms with Crippen LogP contribution in [0.15, 0.2) is 18.2 Å². The first-order valence-corrected chi connectivity index (χ1v) is 8.01. The van der Waals surface area contributed by atoms with E-state index in [-0.39, 0.29) is 11.8 Å². The number of benzene rings is 1. The van der Waals surface area contributed by atoms with Crippen LogP contribution in [-0.2, 0) is 9.84 Å². The lowest BCUT2D eigenvalue weighted by Crippen LogP contribution is -2.27. The second-order valence-electron chi connectivity index (χ2n) is 3.85. The molecule has 0 radical (unpaired) electrons. The quantitative estimate of drug-likeness (QED) is 0.908. The monoisotopic (exact) mass is 295 g/mol. The van der Waals surface area contributed by atoms with Crippen LogP contribution in [0.3, 0.4) is 0 Å². The van der Waals surface area contributed by atoms with Crippen LogP contribution in [0.5, 0.6) is 0 Å². The van der Waals surface area contributed by atoms with E-state index in [0.717, 1.165) is 0 Å². The molecule has 0 saturated carbocycles. The average Bonchev–Trinajstić information content (AvgIpc) is 2.19. The van der Waals surface area contributed by atoms with Gasteiger partial charge in [-0.1, -0.05) is 42.3 Å². The molecule has 0 aliphatic carbocycles. The zero-order valence-electron chi connectivity index (χ0n) is 9.70. The molecule has 0 amide bonds. The molecule has 3 nitrogen and oxygen atoms in total. The highest BCUT2D eigenvalue weighted by Crippen LogP contribution is 2.30. The Hall–Kier alpha value is -0.290. The first-order chi connectivity index (χ1) is 7.85. The molecule has 0 aliphatic heterocycles. The van der Waals surface area contributed by atoms with Crippen molar-refractivity contribution in [1.82, 2.24) is 5.32 Å². The van der Waals surface area contributed by atoms with Crippen molar-refractivity contribution in [1.29, 1.82) is 0 Å². The lowest BCUT2D eigenvalue weighted by atomic mass is 10.1. The number of hydrogen-bond acceptors (Lipinski definition) is 3. The molecule has 1 atom stereocenters. The van der Waals surface area contributed by atoms with Crippen LogP contribution in [0.2, 0.25) is 10.0 Å². The van der Waals surface area contributed by atoms with Crippen LogP contribution < -0.4 is 5.32 Å². The van der Waals surface area contributed by atoms with Gasteiger partial charge in [0.15, 0.2) is 0 Å². The minimum absolute atomic E-state index is 0.000895. The second-order valence-corrected chi connectivity index (χ2v) is 6.82. The molecule has 17 heavy (non-hydrogen) atoms. The highest BCUT2D eigenvalue weighted by Gasteiger charge is 2.19. The van der Waals surface area contributed by atoms with Crippen molar-refractivity contribution in [3.05, 3.63) is 33.8 Å². The SMILES string of the molecule is CCNC(CS(C)(=O)=O)c1cccc(Cl)c1Cl. The van der Waals surface area contributed by atoms with E-state index < -0.39 is 9.84 Å². The lowest BCUT2D eigenvalue weighted by molar-refractivity contribution is 0.563. The van der Waals surface area contributed by atoms with E-state index in [1.54, 1.807) is 18.2 Å². The summed E-state index contributed by atoms with van der Waals surface area (Å²) in [4.78, 5) is 0. The van der Waals surface area contributed by atoms with Gasteiger partial charge >= 0.3 is 0 Å². The van der Waals surface area contributed by atoms with Crippen molar-refractivity contribution >= 4 is 33.0 Å². The molecule has 1 rings (SSSR count). The first kappa shape index (κ1) is 14.8. The smallest absolute Gasteiger partial charge is 0.149 e. The minimum Gasteiger partial charge on any atom is -0.309 e. The molecule has 0 saturated heterocycles. The summed E-state index contributed by atoms with van der Waals surface area (Å²) in [6, 6.07) is 4.89. The third-order valence-electron chi connectivity index (χ3n) is 2.28. The normalized spacial score (nSPS) is 13.6. The summed E-state index contributed by atoms with van der Waals surface area (Å²) in [7, 11) is -3.09. The maximum absolute atomic E-state index is 11.4. The molecule has 1 aromatic carbocycles. The third-order valence-corrected chi connectivity index (χ3v) is 4.05. The summed E-state index contributed by atoms with van der Waals surface area (Å²) in [5, 5.41) is 3.94. The Balaban J connectivity index is 3.09. The molecule has 0 bridgehead atoms. The van der Waals surface area contributed by atoms with Gasteiger partial charge in [0.25, 0.3) is 0 Å². The molecular weight excluding hydrogens is 281 g/mol. The summed E-state index contributed by atoms with van der Waals surface area (Å²) in [6.07, 6.45) is 1.20. The average molecular weight is 296 g/mol. The fraction of sp³-hybridized carbons (Fsp3) is 0.455. The Morgan fingerprint density at radius 2 is 2.00 bits per heavy atom. The van der Waals surface area contributed by atoms with Crippen molar-refractivity contribution in [2.45, 2.75) is 13.0 Å². The zero-order valence-corrected chi connectivity index (χ0v) is 12.0. The molecule has 0 spiro atoms. The van der Waals surface area contributed by atoms with Gasteiger partial charge in [-0.05, 0) is 18.2 Å². The summed E-state index contributed by atoms with van der Waals surface area (Å²) >= 11 is 12.0. The summed E-state index contributed by atoms with van der Waals surface area (Å²) in [5.74, 6) is 0.000895. The summed E-state index contributed by atoms with van der Waals surface area (Å²) in [6.45, 7) is 2.57. The largest absolute Gasteiger partial charge is 0.309 e. The Bertz CT molecular complexity index is 488. The van der Waals surface area contributed by atoms with E-state index >= 15 is 0 Å². The van der Waals surface area contributed by atoms with Crippen LogP contribution in [0, 0.1) is 0 Å². The Morgan fingerprint density at radius 3 is 2.53 bits per heavy atom. The molecule has 6 heteroatoms. The Morgan fingerprint density at radius 1 is 1.35 bits per heavy atom. The fourth-order valence-electron chi connectivity index (χ4n) is 1.60. The standard InChI is InChI=1S/C11H15Cl2NO2S/c1-3-14-10(7-17(2,15)16)8-5-4-6-9(12)11(8)13/h4-6,10,14H,3,7H2,1-2H3. The maximum Gasteiger partial charge on any atom is 0.149 e. The Labute approximate surface area is 112 Å². The number of sulfone groups is 1. The van der Waals surface area contributed by atoms with Gasteiger partial charge in [0.1, 0.15) is 9.84 Å². The van der Waals surface area contributed by atoms with Crippen LogP contribution >= 0.6 is 23.2 Å². The maximum atomic E-state index is 11.4. The molecule has 96 valence electrons. The van der Waals surface area contributed by atoms with Crippen molar-refractivity contribution in [3.8, 4) is 0 Å². The van der Waals surface area contributed by atoms with Gasteiger partial charge in [-0.3, -0.25) is 0 Å². The van der Waals surface area contributed by atoms with E-state index in [2.05, 4.69) is 5.32 Å². The number of hydrogen-bond donors (Lipinski definition) is 1. The molecule has 0 fully saturated rings. The number of halogens is 2. The fourth-order valence-corrected chi connectivity index (χ4v) is 2.94. The molecule has 0 heterocycles. The third kappa shape index (κ3) is 4.47. The highest BCUT2D eigenvalue weighted by molar-refractivity contribution is 7.90. The van der Waals surface area contributed by atoms with Gasteiger partial charge in [0.05, 0.1) is 15.8 Å². The molecule has 0 aliphatic rings. The van der Waals surface area contributed by atoms with Gasteiger partial charge in [0.2, 0.25) is 0 Å². The van der Waals surface area contributed by atoms with E-state index in [0.29, 0.717) is 22.2 Å². The van der Waals surface area contributed by atoms with Gasteiger partial charge < -0.3 is 5.32 Å². The van der Waals surface area contributed by atoms with E-state index in [4.69, 9.17) is 23.2 Å². The molecule has 0 aromatic heterocycles. The topological polar surface area (TPSA) is 46.2 Å². The number of rotatable bonds is 5. The Kier molecular flexibility index (Phi) is 5.25. The minimum atomic E-state index is -3.09. The van der Waals surface area contributed by atoms with Crippen LogP contribution in [0.25, 0.3) is 0 Å². The van der Waals surface area contributed by atoms with Crippen molar-refractivity contribution in [3.63, 3.8) is 0 Å². The van der Waals surface area contributed by atoms with Crippen LogP contribution in [0.4, 0.5) is 0 Å². The van der Waals surface area contributed by atoms with E-state index in [1.807, 2.05) is 6.92 Å².